The van der Waals surface area contributed by atoms with E-state index in [1.807, 2.05) is 29.6 Å². The molecule has 2 bridgehead atoms. The number of hydrogen-bond acceptors (Lipinski definition) is 3. The Labute approximate surface area is 153 Å². The number of hydrogen-bond donors (Lipinski definition) is 1. The summed E-state index contributed by atoms with van der Waals surface area (Å²) in [7, 11) is 4.63. The molecular formula is C20H25N2O2S+. The van der Waals surface area contributed by atoms with Gasteiger partial charge in [0.05, 0.1) is 31.9 Å². The third-order valence-corrected chi connectivity index (χ3v) is 6.74. The first-order valence-electron chi connectivity index (χ1n) is 8.96. The average molecular weight is 357 g/mol. The van der Waals surface area contributed by atoms with Gasteiger partial charge in [0.2, 0.25) is 0 Å². The monoisotopic (exact) mass is 357 g/mol. The lowest BCUT2D eigenvalue weighted by Crippen LogP contribution is -2.56. The van der Waals surface area contributed by atoms with Crippen molar-refractivity contribution in [3.63, 3.8) is 0 Å². The van der Waals surface area contributed by atoms with E-state index in [1.165, 1.54) is 12.8 Å². The number of anilines is 1. The molecule has 2 aliphatic heterocycles. The first-order chi connectivity index (χ1) is 12.0. The molecule has 0 spiro atoms. The van der Waals surface area contributed by atoms with Crippen molar-refractivity contribution in [2.45, 2.75) is 43.9 Å². The van der Waals surface area contributed by atoms with Gasteiger partial charge in [-0.1, -0.05) is 18.2 Å². The second-order valence-corrected chi connectivity index (χ2v) is 8.48. The van der Waals surface area contributed by atoms with Gasteiger partial charge in [-0.25, -0.2) is 4.79 Å². The highest BCUT2D eigenvalue weighted by Gasteiger charge is 2.49. The zero-order chi connectivity index (χ0) is 17.4. The van der Waals surface area contributed by atoms with Gasteiger partial charge in [-0.2, -0.15) is 11.3 Å². The third-order valence-electron chi connectivity index (χ3n) is 6.05. The van der Waals surface area contributed by atoms with E-state index in [-0.39, 0.29) is 12.2 Å². The van der Waals surface area contributed by atoms with Crippen molar-refractivity contribution in [2.24, 2.45) is 0 Å². The van der Waals surface area contributed by atoms with Crippen LogP contribution in [0.5, 0.6) is 0 Å². The number of ether oxygens (including phenoxy) is 1. The van der Waals surface area contributed by atoms with E-state index in [2.05, 4.69) is 30.9 Å². The second kappa shape index (κ2) is 6.46. The summed E-state index contributed by atoms with van der Waals surface area (Å²) >= 11 is 1.65. The van der Waals surface area contributed by atoms with E-state index in [9.17, 15) is 4.79 Å². The predicted octanol–water partition coefficient (Wildman–Crippen LogP) is 4.73. The molecule has 1 aromatic carbocycles. The fourth-order valence-corrected chi connectivity index (χ4v) is 5.14. The summed E-state index contributed by atoms with van der Waals surface area (Å²) in [6.07, 6.45) is 4.16. The van der Waals surface area contributed by atoms with Crippen LogP contribution >= 0.6 is 11.3 Å². The first-order valence-corrected chi connectivity index (χ1v) is 9.91. The summed E-state index contributed by atoms with van der Waals surface area (Å²) in [5.41, 5.74) is 2.96. The number of fused-ring (bicyclic) bond motifs is 2. The number of amides is 1. The van der Waals surface area contributed by atoms with Crippen LogP contribution in [0.3, 0.4) is 0 Å². The quantitative estimate of drug-likeness (QED) is 0.806. The highest BCUT2D eigenvalue weighted by atomic mass is 32.1. The van der Waals surface area contributed by atoms with E-state index < -0.39 is 0 Å². The molecule has 0 saturated carbocycles. The van der Waals surface area contributed by atoms with Crippen molar-refractivity contribution in [1.82, 2.24) is 0 Å². The number of thiophene rings is 1. The molecule has 132 valence electrons. The molecule has 5 heteroatoms. The zero-order valence-corrected chi connectivity index (χ0v) is 15.6. The Morgan fingerprint density at radius 3 is 2.56 bits per heavy atom. The molecule has 1 aromatic heterocycles. The van der Waals surface area contributed by atoms with Crippen LogP contribution in [0.1, 0.15) is 25.7 Å². The van der Waals surface area contributed by atoms with E-state index in [1.54, 1.807) is 11.3 Å². The van der Waals surface area contributed by atoms with Gasteiger partial charge in [0, 0.05) is 31.2 Å². The maximum absolute atomic E-state index is 12.5. The van der Waals surface area contributed by atoms with E-state index in [0.717, 1.165) is 34.1 Å². The number of rotatable bonds is 3. The van der Waals surface area contributed by atoms with Gasteiger partial charge in [-0.05, 0) is 28.5 Å². The molecule has 2 aromatic rings. The SMILES string of the molecule is C[N+]1(C)[C@@H]2CC[C@H]1CC(OC(=O)Nc1ccccc1-c1ccsc1)C2. The lowest BCUT2D eigenvalue weighted by atomic mass is 9.98. The normalized spacial score (nSPS) is 27.0. The van der Waals surface area contributed by atoms with Crippen LogP contribution in [0.2, 0.25) is 0 Å². The summed E-state index contributed by atoms with van der Waals surface area (Å²) in [4.78, 5) is 12.5. The number of nitrogens with one attached hydrogen (secondary N) is 1. The van der Waals surface area contributed by atoms with Crippen LogP contribution in [-0.4, -0.2) is 42.9 Å². The van der Waals surface area contributed by atoms with Crippen LogP contribution in [0.15, 0.2) is 41.1 Å². The summed E-state index contributed by atoms with van der Waals surface area (Å²) in [5.74, 6) is 0. The second-order valence-electron chi connectivity index (χ2n) is 7.70. The maximum Gasteiger partial charge on any atom is 0.411 e. The van der Waals surface area contributed by atoms with Crippen LogP contribution in [0.25, 0.3) is 11.1 Å². The Kier molecular flexibility index (Phi) is 4.29. The van der Waals surface area contributed by atoms with E-state index >= 15 is 0 Å². The van der Waals surface area contributed by atoms with Crippen LogP contribution in [-0.2, 0) is 4.74 Å². The summed E-state index contributed by atoms with van der Waals surface area (Å²) in [5, 5.41) is 7.09. The smallest absolute Gasteiger partial charge is 0.411 e. The minimum Gasteiger partial charge on any atom is -0.445 e. The molecule has 0 aliphatic carbocycles. The largest absolute Gasteiger partial charge is 0.445 e. The lowest BCUT2D eigenvalue weighted by Gasteiger charge is -2.43. The topological polar surface area (TPSA) is 38.3 Å². The van der Waals surface area contributed by atoms with Crippen LogP contribution in [0, 0.1) is 0 Å². The molecule has 1 N–H and O–H groups in total. The lowest BCUT2D eigenvalue weighted by molar-refractivity contribution is -0.931. The van der Waals surface area contributed by atoms with Gasteiger partial charge in [0.25, 0.3) is 0 Å². The molecule has 25 heavy (non-hydrogen) atoms. The van der Waals surface area contributed by atoms with Crippen molar-refractivity contribution in [3.05, 3.63) is 41.1 Å². The fourth-order valence-electron chi connectivity index (χ4n) is 4.48. The summed E-state index contributed by atoms with van der Waals surface area (Å²) in [6.45, 7) is 0. The van der Waals surface area contributed by atoms with Gasteiger partial charge in [-0.3, -0.25) is 5.32 Å². The van der Waals surface area contributed by atoms with Crippen molar-refractivity contribution >= 4 is 23.1 Å². The van der Waals surface area contributed by atoms with Gasteiger partial charge in [0.1, 0.15) is 6.10 Å². The van der Waals surface area contributed by atoms with Gasteiger partial charge in [0.15, 0.2) is 0 Å². The van der Waals surface area contributed by atoms with Crippen molar-refractivity contribution in [2.75, 3.05) is 19.4 Å². The molecule has 4 nitrogen and oxygen atoms in total. The van der Waals surface area contributed by atoms with Crippen LogP contribution < -0.4 is 5.32 Å². The minimum atomic E-state index is -0.334. The summed E-state index contributed by atoms with van der Waals surface area (Å²) < 4.78 is 6.87. The molecule has 4 rings (SSSR count). The van der Waals surface area contributed by atoms with E-state index in [0.29, 0.717) is 12.1 Å². The number of piperidine rings is 1. The molecule has 3 atom stereocenters. The third kappa shape index (κ3) is 3.18. The Morgan fingerprint density at radius 1 is 1.16 bits per heavy atom. The minimum absolute atomic E-state index is 0.0389. The molecular weight excluding hydrogens is 332 g/mol. The number of quaternary nitrogens is 1. The number of benzene rings is 1. The number of para-hydroxylation sites is 1. The average Bonchev–Trinajstić information content (AvgIpc) is 3.12. The molecule has 2 fully saturated rings. The molecule has 1 amide bonds. The summed E-state index contributed by atoms with van der Waals surface area (Å²) in [6, 6.07) is 11.2. The Bertz CT molecular complexity index is 741. The zero-order valence-electron chi connectivity index (χ0n) is 14.8. The molecule has 2 saturated heterocycles. The highest BCUT2D eigenvalue weighted by molar-refractivity contribution is 7.08. The molecule has 2 aliphatic rings. The predicted molar refractivity (Wildman–Crippen MR) is 102 cm³/mol. The van der Waals surface area contributed by atoms with Crippen LogP contribution in [0.4, 0.5) is 10.5 Å². The molecule has 3 heterocycles. The van der Waals surface area contributed by atoms with E-state index in [4.69, 9.17) is 4.74 Å². The van der Waals surface area contributed by atoms with Gasteiger partial charge in [-0.15, -0.1) is 0 Å². The fraction of sp³-hybridized carbons (Fsp3) is 0.450. The Hall–Kier alpha value is -1.85. The maximum atomic E-state index is 12.5. The first kappa shape index (κ1) is 16.6. The molecule has 0 radical (unpaired) electrons. The van der Waals surface area contributed by atoms with Gasteiger partial charge < -0.3 is 9.22 Å². The number of nitrogens with zero attached hydrogens (tertiary/aromatic N) is 1. The highest BCUT2D eigenvalue weighted by Crippen LogP contribution is 2.40. The van der Waals surface area contributed by atoms with Crippen molar-refractivity contribution in [3.8, 4) is 11.1 Å². The Balaban J connectivity index is 1.43. The van der Waals surface area contributed by atoms with Crippen molar-refractivity contribution < 1.29 is 14.0 Å². The molecule has 1 unspecified atom stereocenters. The number of carbonyl (C=O) groups excluding carboxylic acids is 1. The van der Waals surface area contributed by atoms with Crippen molar-refractivity contribution in [1.29, 1.82) is 0 Å². The Morgan fingerprint density at radius 2 is 1.88 bits per heavy atom. The number of carbonyl (C=O) groups is 1. The van der Waals surface area contributed by atoms with Gasteiger partial charge >= 0.3 is 6.09 Å². The standard InChI is InChI=1S/C20H24N2O2S/c1-22(2)15-7-8-16(22)12-17(11-15)24-20(23)21-19-6-4-3-5-18(19)14-9-10-25-13-14/h3-6,9-10,13,15-17H,7-8,11-12H2,1-2H3/p+1/t15-,16+,17?.